The van der Waals surface area contributed by atoms with Gasteiger partial charge in [0.1, 0.15) is 6.04 Å². The Morgan fingerprint density at radius 2 is 1.77 bits per heavy atom. The molecule has 166 valence electrons. The zero-order valence-corrected chi connectivity index (χ0v) is 19.0. The molecule has 0 heterocycles. The van der Waals surface area contributed by atoms with Crippen LogP contribution in [0.4, 0.5) is 5.69 Å². The van der Waals surface area contributed by atoms with Gasteiger partial charge in [0.15, 0.2) is 4.90 Å². The molecule has 0 aromatic heterocycles. The zero-order chi connectivity index (χ0) is 23.2. The number of halogens is 1. The number of benzene rings is 2. The third-order valence-electron chi connectivity index (χ3n) is 4.23. The molecule has 0 radical (unpaired) electrons. The quantitative estimate of drug-likeness (QED) is 0.296. The van der Waals surface area contributed by atoms with Crippen molar-refractivity contribution in [3.8, 4) is 0 Å². The lowest BCUT2D eigenvalue weighted by atomic mass is 10.1. The second-order valence-electron chi connectivity index (χ2n) is 6.48. The van der Waals surface area contributed by atoms with Crippen molar-refractivity contribution in [2.45, 2.75) is 30.3 Å². The number of esters is 1. The summed E-state index contributed by atoms with van der Waals surface area (Å²) in [6.07, 6.45) is 0.120. The van der Waals surface area contributed by atoms with Gasteiger partial charge in [0, 0.05) is 17.0 Å². The van der Waals surface area contributed by atoms with Crippen molar-refractivity contribution in [1.82, 2.24) is 10.0 Å². The van der Waals surface area contributed by atoms with Gasteiger partial charge in [-0.25, -0.2) is 13.2 Å². The van der Waals surface area contributed by atoms with Crippen LogP contribution in [-0.2, 0) is 30.8 Å². The van der Waals surface area contributed by atoms with Crippen LogP contribution in [0.15, 0.2) is 57.9 Å². The van der Waals surface area contributed by atoms with Gasteiger partial charge in [-0.15, -0.1) is 0 Å². The molecule has 2 rings (SSSR count). The molecule has 0 saturated heterocycles. The number of rotatable bonds is 9. The second kappa shape index (κ2) is 10.5. The van der Waals surface area contributed by atoms with Crippen LogP contribution in [0, 0.1) is 10.1 Å². The Morgan fingerprint density at radius 1 is 1.16 bits per heavy atom. The maximum absolute atomic E-state index is 12.6. The van der Waals surface area contributed by atoms with E-state index in [1.165, 1.54) is 26.2 Å². The zero-order valence-electron chi connectivity index (χ0n) is 16.6. The molecular weight excluding hydrogens is 494 g/mol. The lowest BCUT2D eigenvalue weighted by Crippen LogP contribution is -2.51. The smallest absolute Gasteiger partial charge is 0.328 e. The number of hydrogen-bond acceptors (Lipinski definition) is 7. The molecule has 0 bridgehead atoms. The molecule has 1 amide bonds. The summed E-state index contributed by atoms with van der Waals surface area (Å²) in [5.41, 5.74) is 0.123. The predicted molar refractivity (Wildman–Crippen MR) is 115 cm³/mol. The number of amides is 1. The number of para-hydroxylation sites is 1. The number of nitro groups is 1. The highest BCUT2D eigenvalue weighted by Crippen LogP contribution is 2.23. The number of carbonyl (C=O) groups excluding carboxylic acids is 2. The van der Waals surface area contributed by atoms with Gasteiger partial charge < -0.3 is 10.1 Å². The Labute approximate surface area is 187 Å². The summed E-state index contributed by atoms with van der Waals surface area (Å²) in [4.78, 5) is 34.4. The Hall–Kier alpha value is -2.83. The minimum absolute atomic E-state index is 0.120. The van der Waals surface area contributed by atoms with E-state index in [4.69, 9.17) is 4.74 Å². The Kier molecular flexibility index (Phi) is 8.25. The number of nitrogens with one attached hydrogen (secondary N) is 2. The van der Waals surface area contributed by atoms with Gasteiger partial charge in [-0.2, -0.15) is 4.72 Å². The van der Waals surface area contributed by atoms with Crippen LogP contribution in [0.1, 0.15) is 12.5 Å². The first-order valence-corrected chi connectivity index (χ1v) is 11.2. The van der Waals surface area contributed by atoms with Crippen molar-refractivity contribution in [3.63, 3.8) is 0 Å². The van der Waals surface area contributed by atoms with Crippen molar-refractivity contribution in [1.29, 1.82) is 0 Å². The van der Waals surface area contributed by atoms with Gasteiger partial charge >= 0.3 is 5.97 Å². The molecule has 12 heteroatoms. The SMILES string of the molecule is COC(=O)[C@H](Cc1ccc(Br)cc1)NC(=O)[C@H](C)NS(=O)(=O)c1ccccc1[N+](=O)[O-]. The molecule has 2 N–H and O–H groups in total. The number of sulfonamides is 1. The van der Waals surface area contributed by atoms with Gasteiger partial charge in [0.25, 0.3) is 5.69 Å². The lowest BCUT2D eigenvalue weighted by Gasteiger charge is -2.20. The summed E-state index contributed by atoms with van der Waals surface area (Å²) < 4.78 is 32.8. The van der Waals surface area contributed by atoms with Gasteiger partial charge in [0.05, 0.1) is 18.1 Å². The molecule has 2 aromatic carbocycles. The summed E-state index contributed by atoms with van der Waals surface area (Å²) in [5, 5.41) is 13.6. The van der Waals surface area contributed by atoms with Gasteiger partial charge in [-0.05, 0) is 30.7 Å². The molecule has 0 saturated carbocycles. The molecular formula is C19H20BrN3O7S. The first kappa shape index (κ1) is 24.4. The molecule has 10 nitrogen and oxygen atoms in total. The molecule has 31 heavy (non-hydrogen) atoms. The van der Waals surface area contributed by atoms with Crippen molar-refractivity contribution >= 4 is 43.5 Å². The molecule has 0 aliphatic rings. The van der Waals surface area contributed by atoms with Crippen molar-refractivity contribution in [2.24, 2.45) is 0 Å². The molecule has 2 atom stereocenters. The summed E-state index contributed by atoms with van der Waals surface area (Å²) in [7, 11) is -3.21. The Balaban J connectivity index is 2.15. The van der Waals surface area contributed by atoms with Crippen LogP contribution in [0.25, 0.3) is 0 Å². The fourth-order valence-corrected chi connectivity index (χ4v) is 4.31. The summed E-state index contributed by atoms with van der Waals surface area (Å²) in [5.74, 6) is -1.50. The standard InChI is InChI=1S/C19H20BrN3O7S/c1-12(22-31(28,29)17-6-4-3-5-16(17)23(26)27)18(24)21-15(19(25)30-2)11-13-7-9-14(20)10-8-13/h3-10,12,15,22H,11H2,1-2H3,(H,21,24)/t12-,15-/m0/s1. The van der Waals surface area contributed by atoms with Crippen molar-refractivity contribution in [3.05, 3.63) is 68.7 Å². The fraction of sp³-hybridized carbons (Fsp3) is 0.263. The summed E-state index contributed by atoms with van der Waals surface area (Å²) >= 11 is 3.31. The topological polar surface area (TPSA) is 145 Å². The minimum atomic E-state index is -4.38. The maximum atomic E-state index is 12.6. The number of nitro benzene ring substituents is 1. The summed E-state index contributed by atoms with van der Waals surface area (Å²) in [6, 6.07) is 9.46. The average Bonchev–Trinajstić information content (AvgIpc) is 2.73. The lowest BCUT2D eigenvalue weighted by molar-refractivity contribution is -0.387. The van der Waals surface area contributed by atoms with E-state index in [1.54, 1.807) is 24.3 Å². The molecule has 0 fully saturated rings. The van der Waals surface area contributed by atoms with Crippen LogP contribution >= 0.6 is 15.9 Å². The van der Waals surface area contributed by atoms with E-state index >= 15 is 0 Å². The Bertz CT molecular complexity index is 1070. The molecule has 2 aromatic rings. The second-order valence-corrected chi connectivity index (χ2v) is 9.08. The maximum Gasteiger partial charge on any atom is 0.328 e. The molecule has 0 aliphatic carbocycles. The number of ether oxygens (including phenoxy) is 1. The van der Waals surface area contributed by atoms with E-state index in [9.17, 15) is 28.1 Å². The highest BCUT2D eigenvalue weighted by atomic mass is 79.9. The third kappa shape index (κ3) is 6.57. The fourth-order valence-electron chi connectivity index (χ4n) is 2.67. The van der Waals surface area contributed by atoms with E-state index in [-0.39, 0.29) is 6.42 Å². The highest BCUT2D eigenvalue weighted by Gasteiger charge is 2.30. The molecule has 0 aliphatic heterocycles. The van der Waals surface area contributed by atoms with Gasteiger partial charge in [-0.1, -0.05) is 40.2 Å². The third-order valence-corrected chi connectivity index (χ3v) is 6.35. The van der Waals surface area contributed by atoms with Gasteiger partial charge in [0.2, 0.25) is 15.9 Å². The largest absolute Gasteiger partial charge is 0.467 e. The van der Waals surface area contributed by atoms with Crippen LogP contribution in [0.5, 0.6) is 0 Å². The van der Waals surface area contributed by atoms with E-state index in [0.29, 0.717) is 0 Å². The number of carbonyl (C=O) groups is 2. The van der Waals surface area contributed by atoms with E-state index in [1.807, 2.05) is 0 Å². The van der Waals surface area contributed by atoms with Crippen LogP contribution < -0.4 is 10.0 Å². The number of hydrogen-bond donors (Lipinski definition) is 2. The molecule has 0 unspecified atom stereocenters. The normalized spacial score (nSPS) is 13.1. The van der Waals surface area contributed by atoms with Crippen LogP contribution in [0.3, 0.4) is 0 Å². The van der Waals surface area contributed by atoms with E-state index in [0.717, 1.165) is 22.2 Å². The van der Waals surface area contributed by atoms with Crippen molar-refractivity contribution < 1.29 is 27.7 Å². The average molecular weight is 514 g/mol. The number of methoxy groups -OCH3 is 1. The molecule has 0 spiro atoms. The first-order valence-electron chi connectivity index (χ1n) is 8.93. The van der Waals surface area contributed by atoms with Gasteiger partial charge in [-0.3, -0.25) is 14.9 Å². The van der Waals surface area contributed by atoms with E-state index in [2.05, 4.69) is 26.0 Å². The highest BCUT2D eigenvalue weighted by molar-refractivity contribution is 9.10. The van der Waals surface area contributed by atoms with Crippen LogP contribution in [0.2, 0.25) is 0 Å². The van der Waals surface area contributed by atoms with E-state index < -0.39 is 49.5 Å². The number of nitrogens with zero attached hydrogens (tertiary/aromatic N) is 1. The minimum Gasteiger partial charge on any atom is -0.467 e. The monoisotopic (exact) mass is 513 g/mol. The summed E-state index contributed by atoms with van der Waals surface area (Å²) in [6.45, 7) is 1.26. The first-order chi connectivity index (χ1) is 14.5. The van der Waals surface area contributed by atoms with Crippen LogP contribution in [-0.4, -0.2) is 44.4 Å². The predicted octanol–water partition coefficient (Wildman–Crippen LogP) is 1.92. The van der Waals surface area contributed by atoms with Crippen molar-refractivity contribution in [2.75, 3.05) is 7.11 Å². The Morgan fingerprint density at radius 3 is 2.35 bits per heavy atom.